The Morgan fingerprint density at radius 1 is 1.38 bits per heavy atom. The van der Waals surface area contributed by atoms with Crippen molar-refractivity contribution in [1.29, 1.82) is 0 Å². The summed E-state index contributed by atoms with van der Waals surface area (Å²) in [4.78, 5) is 0.754. The van der Waals surface area contributed by atoms with E-state index in [1.54, 1.807) is 7.11 Å². The molecule has 2 aromatic rings. The van der Waals surface area contributed by atoms with E-state index in [1.165, 1.54) is 11.5 Å². The Morgan fingerprint density at radius 3 is 2.75 bits per heavy atom. The fraction of sp³-hybridized carbons (Fsp3) is 0.273. The van der Waals surface area contributed by atoms with Crippen LogP contribution in [-0.2, 0) is 0 Å². The molecule has 1 atom stereocenters. The van der Waals surface area contributed by atoms with Crippen LogP contribution in [0.4, 0.5) is 0 Å². The minimum atomic E-state index is -0.726. The maximum atomic E-state index is 10.2. The highest BCUT2D eigenvalue weighted by atomic mass is 32.1. The van der Waals surface area contributed by atoms with Crippen LogP contribution in [0.5, 0.6) is 5.75 Å². The second-order valence-corrected chi connectivity index (χ2v) is 4.15. The quantitative estimate of drug-likeness (QED) is 0.884. The molecule has 0 spiro atoms. The number of hydrogen-bond acceptors (Lipinski definition) is 5. The minimum absolute atomic E-state index is 0.669. The summed E-state index contributed by atoms with van der Waals surface area (Å²) in [7, 11) is 1.59. The zero-order chi connectivity index (χ0) is 11.5. The van der Waals surface area contributed by atoms with Crippen molar-refractivity contribution < 1.29 is 9.84 Å². The largest absolute Gasteiger partial charge is 0.496 e. The average molecular weight is 236 g/mol. The Balaban J connectivity index is 2.41. The summed E-state index contributed by atoms with van der Waals surface area (Å²) in [5.74, 6) is 0.669. The maximum absolute atomic E-state index is 10.2. The summed E-state index contributed by atoms with van der Waals surface area (Å²) in [6, 6.07) is 7.39. The SMILES string of the molecule is COc1ccccc1C(O)c1snnc1C. The van der Waals surface area contributed by atoms with Gasteiger partial charge in [-0.2, -0.15) is 0 Å². The fourth-order valence-corrected chi connectivity index (χ4v) is 2.17. The van der Waals surface area contributed by atoms with Crippen molar-refractivity contribution in [1.82, 2.24) is 9.59 Å². The third-order valence-corrected chi connectivity index (χ3v) is 3.25. The number of rotatable bonds is 3. The van der Waals surface area contributed by atoms with Gasteiger partial charge in [0.1, 0.15) is 11.9 Å². The van der Waals surface area contributed by atoms with Gasteiger partial charge in [0.05, 0.1) is 17.7 Å². The Hall–Kier alpha value is -1.46. The maximum Gasteiger partial charge on any atom is 0.125 e. The number of nitrogens with zero attached hydrogens (tertiary/aromatic N) is 2. The van der Waals surface area contributed by atoms with E-state index >= 15 is 0 Å². The number of aliphatic hydroxyl groups excluding tert-OH is 1. The summed E-state index contributed by atoms with van der Waals surface area (Å²) >= 11 is 1.21. The first-order valence-electron chi connectivity index (χ1n) is 4.84. The van der Waals surface area contributed by atoms with Gasteiger partial charge in [0.25, 0.3) is 0 Å². The number of hydrogen-bond donors (Lipinski definition) is 1. The van der Waals surface area contributed by atoms with Gasteiger partial charge in [-0.1, -0.05) is 22.7 Å². The van der Waals surface area contributed by atoms with Crippen LogP contribution in [0.3, 0.4) is 0 Å². The van der Waals surface area contributed by atoms with E-state index in [1.807, 2.05) is 31.2 Å². The first kappa shape index (κ1) is 11.0. The molecule has 0 radical (unpaired) electrons. The highest BCUT2D eigenvalue weighted by Gasteiger charge is 2.19. The summed E-state index contributed by atoms with van der Waals surface area (Å²) < 4.78 is 9.02. The molecule has 0 saturated heterocycles. The van der Waals surface area contributed by atoms with Crippen LogP contribution in [0.1, 0.15) is 22.2 Å². The first-order chi connectivity index (χ1) is 7.74. The summed E-state index contributed by atoms with van der Waals surface area (Å²) in [6.07, 6.45) is -0.726. The monoisotopic (exact) mass is 236 g/mol. The van der Waals surface area contributed by atoms with Crippen molar-refractivity contribution in [2.45, 2.75) is 13.0 Å². The van der Waals surface area contributed by atoms with Gasteiger partial charge in [-0.3, -0.25) is 0 Å². The van der Waals surface area contributed by atoms with E-state index in [0.717, 1.165) is 16.1 Å². The molecule has 5 heteroatoms. The molecule has 0 bridgehead atoms. The van der Waals surface area contributed by atoms with E-state index in [4.69, 9.17) is 4.74 Å². The van der Waals surface area contributed by atoms with Crippen molar-refractivity contribution in [3.8, 4) is 5.75 Å². The summed E-state index contributed by atoms with van der Waals surface area (Å²) in [5.41, 5.74) is 1.49. The smallest absolute Gasteiger partial charge is 0.125 e. The van der Waals surface area contributed by atoms with Crippen LogP contribution in [0.15, 0.2) is 24.3 Å². The Labute approximate surface area is 97.7 Å². The van der Waals surface area contributed by atoms with E-state index in [0.29, 0.717) is 5.75 Å². The van der Waals surface area contributed by atoms with Crippen LogP contribution >= 0.6 is 11.5 Å². The predicted molar refractivity (Wildman–Crippen MR) is 61.7 cm³/mol. The Bertz CT molecular complexity index is 484. The molecule has 1 aromatic heterocycles. The van der Waals surface area contributed by atoms with E-state index < -0.39 is 6.10 Å². The lowest BCUT2D eigenvalue weighted by molar-refractivity contribution is 0.217. The molecule has 0 saturated carbocycles. The molecular formula is C11H12N2O2S. The van der Waals surface area contributed by atoms with Crippen LogP contribution in [0, 0.1) is 6.92 Å². The van der Waals surface area contributed by atoms with Crippen LogP contribution in [0.2, 0.25) is 0 Å². The number of benzene rings is 1. The molecule has 84 valence electrons. The number of ether oxygens (including phenoxy) is 1. The highest BCUT2D eigenvalue weighted by Crippen LogP contribution is 2.32. The molecule has 1 N–H and O–H groups in total. The van der Waals surface area contributed by atoms with Gasteiger partial charge >= 0.3 is 0 Å². The summed E-state index contributed by atoms with van der Waals surface area (Å²) in [6.45, 7) is 1.83. The van der Waals surface area contributed by atoms with Gasteiger partial charge < -0.3 is 9.84 Å². The van der Waals surface area contributed by atoms with Gasteiger partial charge in [-0.25, -0.2) is 0 Å². The van der Waals surface area contributed by atoms with Crippen LogP contribution in [0.25, 0.3) is 0 Å². The third-order valence-electron chi connectivity index (χ3n) is 2.37. The second-order valence-electron chi connectivity index (χ2n) is 3.37. The minimum Gasteiger partial charge on any atom is -0.496 e. The number of aryl methyl sites for hydroxylation is 1. The molecule has 0 aliphatic heterocycles. The highest BCUT2D eigenvalue weighted by molar-refractivity contribution is 7.05. The molecule has 1 unspecified atom stereocenters. The topological polar surface area (TPSA) is 55.2 Å². The average Bonchev–Trinajstić information content (AvgIpc) is 2.74. The predicted octanol–water partition coefficient (Wildman–Crippen LogP) is 1.94. The van der Waals surface area contributed by atoms with Gasteiger partial charge in [0.2, 0.25) is 0 Å². The van der Waals surface area contributed by atoms with Gasteiger partial charge in [0, 0.05) is 5.56 Å². The van der Waals surface area contributed by atoms with Crippen LogP contribution in [-0.4, -0.2) is 21.8 Å². The van der Waals surface area contributed by atoms with E-state index in [9.17, 15) is 5.11 Å². The Kier molecular flexibility index (Phi) is 3.17. The molecule has 0 fully saturated rings. The molecule has 2 rings (SSSR count). The number of aliphatic hydroxyl groups is 1. The molecular weight excluding hydrogens is 224 g/mol. The van der Waals surface area contributed by atoms with Gasteiger partial charge in [0.15, 0.2) is 0 Å². The standard InChI is InChI=1S/C11H12N2O2S/c1-7-11(16-13-12-7)10(14)8-5-3-4-6-9(8)15-2/h3-6,10,14H,1-2H3. The van der Waals surface area contributed by atoms with E-state index in [2.05, 4.69) is 9.59 Å². The zero-order valence-electron chi connectivity index (χ0n) is 9.04. The molecule has 1 aromatic carbocycles. The normalized spacial score (nSPS) is 12.4. The second kappa shape index (κ2) is 4.59. The molecule has 1 heterocycles. The Morgan fingerprint density at radius 2 is 2.12 bits per heavy atom. The lowest BCUT2D eigenvalue weighted by Crippen LogP contribution is -2.01. The lowest BCUT2D eigenvalue weighted by atomic mass is 10.1. The fourth-order valence-electron chi connectivity index (χ4n) is 1.52. The van der Waals surface area contributed by atoms with Gasteiger partial charge in [-0.15, -0.1) is 5.10 Å². The molecule has 16 heavy (non-hydrogen) atoms. The lowest BCUT2D eigenvalue weighted by Gasteiger charge is -2.13. The molecule has 0 amide bonds. The number of para-hydroxylation sites is 1. The summed E-state index contributed by atoms with van der Waals surface area (Å²) in [5, 5.41) is 14.1. The van der Waals surface area contributed by atoms with E-state index in [-0.39, 0.29) is 0 Å². The molecule has 0 aliphatic rings. The van der Waals surface area contributed by atoms with Crippen molar-refractivity contribution in [2.75, 3.05) is 7.11 Å². The number of methoxy groups -OCH3 is 1. The third kappa shape index (κ3) is 1.91. The van der Waals surface area contributed by atoms with Crippen molar-refractivity contribution >= 4 is 11.5 Å². The zero-order valence-corrected chi connectivity index (χ0v) is 9.86. The van der Waals surface area contributed by atoms with Crippen molar-refractivity contribution in [3.63, 3.8) is 0 Å². The van der Waals surface area contributed by atoms with Crippen molar-refractivity contribution in [3.05, 3.63) is 40.4 Å². The first-order valence-corrected chi connectivity index (χ1v) is 5.61. The van der Waals surface area contributed by atoms with Crippen LogP contribution < -0.4 is 4.74 Å². The van der Waals surface area contributed by atoms with Crippen molar-refractivity contribution in [2.24, 2.45) is 0 Å². The molecule has 0 aliphatic carbocycles. The molecule has 4 nitrogen and oxygen atoms in total. The van der Waals surface area contributed by atoms with Gasteiger partial charge in [-0.05, 0) is 24.5 Å². The number of aromatic nitrogens is 2.